The van der Waals surface area contributed by atoms with Gasteiger partial charge in [-0.25, -0.2) is 0 Å². The number of thioether (sulfide) groups is 2. The van der Waals surface area contributed by atoms with Gasteiger partial charge in [-0.1, -0.05) is 27.7 Å². The number of nitrogens with one attached hydrogen (secondary N) is 2. The van der Waals surface area contributed by atoms with Crippen LogP contribution in [0, 0.1) is 11.8 Å². The molecule has 2 aromatic heterocycles. The average molecular weight is 675 g/mol. The summed E-state index contributed by atoms with van der Waals surface area (Å²) in [6.07, 6.45) is 12.2. The smallest absolute Gasteiger partial charge is 0.317 e. The molecule has 6 nitrogen and oxygen atoms in total. The van der Waals surface area contributed by atoms with Crippen LogP contribution in [0.2, 0.25) is 0 Å². The molecule has 0 saturated carbocycles. The van der Waals surface area contributed by atoms with Gasteiger partial charge in [-0.3, -0.25) is 9.59 Å². The Hall–Kier alpha value is -2.84. The number of rotatable bonds is 12. The van der Waals surface area contributed by atoms with Gasteiger partial charge < -0.3 is 19.4 Å². The van der Waals surface area contributed by atoms with Crippen LogP contribution < -0.4 is 0 Å². The van der Waals surface area contributed by atoms with Crippen molar-refractivity contribution < 1.29 is 19.1 Å². The van der Waals surface area contributed by atoms with Gasteiger partial charge >= 0.3 is 11.9 Å². The van der Waals surface area contributed by atoms with Crippen LogP contribution >= 0.6 is 23.5 Å². The molecule has 0 bridgehead atoms. The van der Waals surface area contributed by atoms with Gasteiger partial charge in [-0.15, -0.1) is 23.5 Å². The van der Waals surface area contributed by atoms with Crippen molar-refractivity contribution in [2.24, 2.45) is 11.8 Å². The second-order valence-corrected chi connectivity index (χ2v) is 15.3. The number of aryl methyl sites for hydroxylation is 2. The van der Waals surface area contributed by atoms with E-state index in [0.717, 1.165) is 38.5 Å². The number of hydrogen-bond donors (Lipinski definition) is 2. The quantitative estimate of drug-likeness (QED) is 0.0885. The summed E-state index contributed by atoms with van der Waals surface area (Å²) in [7, 11) is 0. The van der Waals surface area contributed by atoms with Gasteiger partial charge in [0, 0.05) is 54.8 Å². The lowest BCUT2D eigenvalue weighted by atomic mass is 9.73. The molecule has 6 rings (SSSR count). The lowest BCUT2D eigenvalue weighted by Crippen LogP contribution is -2.46. The van der Waals surface area contributed by atoms with Crippen molar-refractivity contribution in [2.75, 3.05) is 12.5 Å². The van der Waals surface area contributed by atoms with E-state index in [-0.39, 0.29) is 18.3 Å². The SMILES string of the molecule is CCC(CC)(OC(=O)CC(=O)OC(CC)(CC)C1CCc2c([nH]c3ccc(SC)cc23)C1)C1CCc2c([nH]c3ccc(SC)cc23)C1. The molecule has 2 aliphatic rings. The summed E-state index contributed by atoms with van der Waals surface area (Å²) in [5.74, 6) is -0.581. The Kier molecular flexibility index (Phi) is 10.1. The highest BCUT2D eigenvalue weighted by Crippen LogP contribution is 2.43. The number of aromatic nitrogens is 2. The van der Waals surface area contributed by atoms with Gasteiger partial charge in [-0.05, 0) is 124 Å². The Morgan fingerprint density at radius 1 is 0.702 bits per heavy atom. The van der Waals surface area contributed by atoms with Crippen molar-refractivity contribution in [1.82, 2.24) is 9.97 Å². The number of carbonyl (C=O) groups is 2. The highest BCUT2D eigenvalue weighted by atomic mass is 32.2. The number of hydrogen-bond acceptors (Lipinski definition) is 6. The topological polar surface area (TPSA) is 84.2 Å². The van der Waals surface area contributed by atoms with Gasteiger partial charge in [0.2, 0.25) is 0 Å². The maximum Gasteiger partial charge on any atom is 0.317 e. The Morgan fingerprint density at radius 3 is 1.47 bits per heavy atom. The Balaban J connectivity index is 1.13. The van der Waals surface area contributed by atoms with Crippen LogP contribution in [0.4, 0.5) is 0 Å². The average Bonchev–Trinajstić information content (AvgIpc) is 3.65. The number of ether oxygens (including phenoxy) is 2. The van der Waals surface area contributed by atoms with E-state index in [1.54, 1.807) is 23.5 Å². The minimum atomic E-state index is -0.616. The first kappa shape index (κ1) is 34.0. The third-order valence-corrected chi connectivity index (χ3v) is 13.0. The maximum absolute atomic E-state index is 13.5. The van der Waals surface area contributed by atoms with Crippen molar-refractivity contribution in [1.29, 1.82) is 0 Å². The summed E-state index contributed by atoms with van der Waals surface area (Å²) in [4.78, 5) is 36.9. The van der Waals surface area contributed by atoms with Crippen molar-refractivity contribution in [3.05, 3.63) is 58.9 Å². The number of H-pyrrole nitrogens is 2. The van der Waals surface area contributed by atoms with Crippen molar-refractivity contribution in [3.8, 4) is 0 Å². The van der Waals surface area contributed by atoms with E-state index >= 15 is 0 Å². The fourth-order valence-electron chi connectivity index (χ4n) is 8.72. The molecule has 2 atom stereocenters. The molecule has 2 aliphatic carbocycles. The summed E-state index contributed by atoms with van der Waals surface area (Å²) in [5.41, 5.74) is 6.40. The van der Waals surface area contributed by atoms with E-state index in [2.05, 4.69) is 86.6 Å². The lowest BCUT2D eigenvalue weighted by molar-refractivity contribution is -0.180. The zero-order valence-corrected chi connectivity index (χ0v) is 30.5. The van der Waals surface area contributed by atoms with Crippen LogP contribution in [-0.2, 0) is 44.7 Å². The number of benzene rings is 2. The molecule has 0 aliphatic heterocycles. The first-order chi connectivity index (χ1) is 22.7. The largest absolute Gasteiger partial charge is 0.458 e. The standard InChI is InChI=1S/C39H50N2O4S2/c1-7-38(8-2,24-11-15-28-30-21-26(46-5)13-17-32(30)40-34(28)19-24)44-36(42)23-37(43)45-39(9-3,10-4)25-12-16-29-31-22-27(47-6)14-18-33(31)41-35(29)20-25/h13-14,17-18,21-22,24-25,40-41H,7-12,15-16,19-20,23H2,1-6H3. The van der Waals surface area contributed by atoms with Gasteiger partial charge in [0.15, 0.2) is 0 Å². The molecule has 0 radical (unpaired) electrons. The number of fused-ring (bicyclic) bond motifs is 6. The summed E-state index contributed by atoms with van der Waals surface area (Å²) in [6.45, 7) is 8.40. The Labute approximate surface area is 287 Å². The minimum Gasteiger partial charge on any atom is -0.458 e. The Bertz CT molecular complexity index is 1640. The third kappa shape index (κ3) is 6.37. The molecule has 0 spiro atoms. The van der Waals surface area contributed by atoms with Gasteiger partial charge in [0.25, 0.3) is 0 Å². The first-order valence-electron chi connectivity index (χ1n) is 17.5. The fourth-order valence-corrected chi connectivity index (χ4v) is 9.60. The zero-order chi connectivity index (χ0) is 33.3. The van der Waals surface area contributed by atoms with Crippen molar-refractivity contribution in [2.45, 2.75) is 119 Å². The van der Waals surface area contributed by atoms with Crippen LogP contribution in [0.3, 0.4) is 0 Å². The molecule has 0 saturated heterocycles. The van der Waals surface area contributed by atoms with Gasteiger partial charge in [-0.2, -0.15) is 0 Å². The van der Waals surface area contributed by atoms with E-state index in [1.165, 1.54) is 54.1 Å². The van der Waals surface area contributed by atoms with E-state index in [0.29, 0.717) is 25.7 Å². The van der Waals surface area contributed by atoms with Crippen molar-refractivity contribution >= 4 is 57.3 Å². The maximum atomic E-state index is 13.5. The minimum absolute atomic E-state index is 0.183. The lowest BCUT2D eigenvalue weighted by Gasteiger charge is -2.42. The molecule has 252 valence electrons. The van der Waals surface area contributed by atoms with E-state index in [4.69, 9.17) is 9.47 Å². The van der Waals surface area contributed by atoms with Crippen LogP contribution in [0.25, 0.3) is 21.8 Å². The number of esters is 2. The molecule has 2 unspecified atom stereocenters. The fraction of sp³-hybridized carbons (Fsp3) is 0.538. The predicted octanol–water partition coefficient (Wildman–Crippen LogP) is 9.60. The van der Waals surface area contributed by atoms with E-state index < -0.39 is 23.1 Å². The molecular formula is C39H50N2O4S2. The molecular weight excluding hydrogens is 625 g/mol. The molecule has 0 amide bonds. The summed E-state index contributed by atoms with van der Waals surface area (Å²) in [5, 5.41) is 2.62. The molecule has 2 N–H and O–H groups in total. The highest BCUT2D eigenvalue weighted by Gasteiger charge is 2.44. The monoisotopic (exact) mass is 674 g/mol. The third-order valence-electron chi connectivity index (χ3n) is 11.6. The molecule has 8 heteroatoms. The van der Waals surface area contributed by atoms with Crippen LogP contribution in [-0.4, -0.2) is 45.6 Å². The van der Waals surface area contributed by atoms with E-state index in [9.17, 15) is 9.59 Å². The second kappa shape index (κ2) is 13.9. The molecule has 0 fully saturated rings. The van der Waals surface area contributed by atoms with Crippen LogP contribution in [0.1, 0.15) is 95.2 Å². The number of aromatic amines is 2. The molecule has 47 heavy (non-hydrogen) atoms. The molecule has 2 aromatic carbocycles. The normalized spacial score (nSPS) is 18.3. The van der Waals surface area contributed by atoms with Crippen molar-refractivity contribution in [3.63, 3.8) is 0 Å². The number of carbonyl (C=O) groups excluding carboxylic acids is 2. The summed E-state index contributed by atoms with van der Waals surface area (Å²) >= 11 is 3.53. The zero-order valence-electron chi connectivity index (χ0n) is 28.8. The summed E-state index contributed by atoms with van der Waals surface area (Å²) < 4.78 is 12.7. The summed E-state index contributed by atoms with van der Waals surface area (Å²) in [6, 6.07) is 13.2. The molecule has 2 heterocycles. The van der Waals surface area contributed by atoms with Crippen LogP contribution in [0.5, 0.6) is 0 Å². The Morgan fingerprint density at radius 2 is 1.11 bits per heavy atom. The van der Waals surface area contributed by atoms with Gasteiger partial charge in [0.05, 0.1) is 0 Å². The highest BCUT2D eigenvalue weighted by molar-refractivity contribution is 7.98. The molecule has 4 aromatic rings. The second-order valence-electron chi connectivity index (χ2n) is 13.5. The van der Waals surface area contributed by atoms with Gasteiger partial charge in [0.1, 0.15) is 17.6 Å². The first-order valence-corrected chi connectivity index (χ1v) is 19.9. The van der Waals surface area contributed by atoms with Crippen LogP contribution in [0.15, 0.2) is 46.2 Å². The van der Waals surface area contributed by atoms with E-state index in [1.807, 2.05) is 0 Å². The predicted molar refractivity (Wildman–Crippen MR) is 195 cm³/mol.